The summed E-state index contributed by atoms with van der Waals surface area (Å²) >= 11 is 0. The van der Waals surface area contributed by atoms with E-state index in [0.29, 0.717) is 0 Å². The van der Waals surface area contributed by atoms with Gasteiger partial charge in [-0.25, -0.2) is 0 Å². The lowest BCUT2D eigenvalue weighted by atomic mass is 10.1. The second-order valence-corrected chi connectivity index (χ2v) is 4.32. The molecule has 0 bridgehead atoms. The monoisotopic (exact) mass is 238 g/mol. The molecule has 3 heteroatoms. The maximum absolute atomic E-state index is 11.6. The fraction of sp³-hybridized carbons (Fsp3) is 0.133. The average molecular weight is 238 g/mol. The first-order valence-corrected chi connectivity index (χ1v) is 6.08. The summed E-state index contributed by atoms with van der Waals surface area (Å²) in [6.45, 7) is 0. The van der Waals surface area contributed by atoms with Gasteiger partial charge in [-0.05, 0) is 31.1 Å². The van der Waals surface area contributed by atoms with Crippen molar-refractivity contribution in [3.8, 4) is 0 Å². The number of carbonyl (C=O) groups excluding carboxylic acids is 1. The minimum Gasteiger partial charge on any atom is -0.321 e. The van der Waals surface area contributed by atoms with Crippen molar-refractivity contribution in [1.29, 1.82) is 0 Å². The van der Waals surface area contributed by atoms with Gasteiger partial charge in [0.1, 0.15) is 0 Å². The fourth-order valence-electron chi connectivity index (χ4n) is 2.23. The first kappa shape index (κ1) is 10.8. The molecule has 1 aromatic rings. The van der Waals surface area contributed by atoms with Crippen molar-refractivity contribution >= 4 is 17.3 Å². The van der Waals surface area contributed by atoms with E-state index in [2.05, 4.69) is 28.4 Å². The van der Waals surface area contributed by atoms with Gasteiger partial charge in [0.05, 0.1) is 11.4 Å². The molecule has 18 heavy (non-hydrogen) atoms. The second kappa shape index (κ2) is 4.53. The summed E-state index contributed by atoms with van der Waals surface area (Å²) in [5, 5.41) is 2.88. The van der Waals surface area contributed by atoms with Crippen molar-refractivity contribution in [3.63, 3.8) is 0 Å². The summed E-state index contributed by atoms with van der Waals surface area (Å²) in [5.41, 5.74) is 3.07. The van der Waals surface area contributed by atoms with E-state index < -0.39 is 0 Å². The summed E-state index contributed by atoms with van der Waals surface area (Å²) in [7, 11) is 0. The third-order valence-electron chi connectivity index (χ3n) is 3.10. The molecule has 1 heterocycles. The number of allylic oxidation sites excluding steroid dienone is 4. The van der Waals surface area contributed by atoms with E-state index in [1.807, 2.05) is 30.5 Å². The molecule has 3 rings (SSSR count). The number of hydrogen-bond acceptors (Lipinski definition) is 2. The van der Waals surface area contributed by atoms with Crippen LogP contribution in [0.4, 0.5) is 11.4 Å². The van der Waals surface area contributed by atoms with Gasteiger partial charge in [0, 0.05) is 18.0 Å². The van der Waals surface area contributed by atoms with Crippen molar-refractivity contribution in [3.05, 3.63) is 60.5 Å². The van der Waals surface area contributed by atoms with Crippen LogP contribution in [0.15, 0.2) is 60.5 Å². The van der Waals surface area contributed by atoms with Crippen LogP contribution in [-0.4, -0.2) is 5.91 Å². The lowest BCUT2D eigenvalue weighted by Crippen LogP contribution is -2.16. The molecular weight excluding hydrogens is 224 g/mol. The van der Waals surface area contributed by atoms with Crippen molar-refractivity contribution in [1.82, 2.24) is 0 Å². The summed E-state index contributed by atoms with van der Waals surface area (Å²) in [6.07, 6.45) is 11.8. The number of hydrogen-bond donors (Lipinski definition) is 1. The summed E-state index contributed by atoms with van der Waals surface area (Å²) in [6, 6.07) is 7.85. The molecule has 0 spiro atoms. The highest BCUT2D eigenvalue weighted by atomic mass is 16.1. The van der Waals surface area contributed by atoms with Crippen LogP contribution in [0.3, 0.4) is 0 Å². The molecule has 0 radical (unpaired) electrons. The Morgan fingerprint density at radius 2 is 2.11 bits per heavy atom. The van der Waals surface area contributed by atoms with Gasteiger partial charge in [-0.1, -0.05) is 24.3 Å². The minimum atomic E-state index is -0.0862. The Kier molecular flexibility index (Phi) is 2.73. The van der Waals surface area contributed by atoms with Crippen LogP contribution in [-0.2, 0) is 4.79 Å². The third kappa shape index (κ3) is 1.95. The quantitative estimate of drug-likeness (QED) is 0.814. The van der Waals surface area contributed by atoms with Crippen LogP contribution in [0.5, 0.6) is 0 Å². The molecule has 0 aromatic heterocycles. The lowest BCUT2D eigenvalue weighted by molar-refractivity contribution is -0.111. The highest BCUT2D eigenvalue weighted by Gasteiger charge is 2.17. The van der Waals surface area contributed by atoms with Gasteiger partial charge in [0.15, 0.2) is 0 Å². The van der Waals surface area contributed by atoms with Gasteiger partial charge in [-0.3, -0.25) is 4.79 Å². The topological polar surface area (TPSA) is 32.3 Å². The van der Waals surface area contributed by atoms with Gasteiger partial charge >= 0.3 is 0 Å². The fourth-order valence-corrected chi connectivity index (χ4v) is 2.23. The van der Waals surface area contributed by atoms with Crippen LogP contribution in [0.2, 0.25) is 0 Å². The van der Waals surface area contributed by atoms with Crippen molar-refractivity contribution in [2.75, 3.05) is 10.2 Å². The van der Waals surface area contributed by atoms with E-state index >= 15 is 0 Å². The Morgan fingerprint density at radius 1 is 1.22 bits per heavy atom. The van der Waals surface area contributed by atoms with Crippen LogP contribution < -0.4 is 10.2 Å². The number of para-hydroxylation sites is 2. The van der Waals surface area contributed by atoms with E-state index in [9.17, 15) is 4.79 Å². The zero-order valence-electron chi connectivity index (χ0n) is 9.97. The number of carbonyl (C=O) groups is 1. The highest BCUT2D eigenvalue weighted by molar-refractivity contribution is 6.03. The summed E-state index contributed by atoms with van der Waals surface area (Å²) < 4.78 is 0. The molecule has 0 unspecified atom stereocenters. The van der Waals surface area contributed by atoms with Gasteiger partial charge in [-0.2, -0.15) is 0 Å². The Bertz CT molecular complexity index is 570. The van der Waals surface area contributed by atoms with Gasteiger partial charge in [-0.15, -0.1) is 0 Å². The molecule has 2 aliphatic rings. The minimum absolute atomic E-state index is 0.0862. The Labute approximate surface area is 106 Å². The number of amides is 1. The van der Waals surface area contributed by atoms with Crippen molar-refractivity contribution in [2.45, 2.75) is 12.8 Å². The SMILES string of the molecule is O=C1C=CN(C2=CC=CCC2)c2ccccc2N1. The lowest BCUT2D eigenvalue weighted by Gasteiger charge is -2.25. The first-order valence-electron chi connectivity index (χ1n) is 6.08. The smallest absolute Gasteiger partial charge is 0.249 e. The molecule has 0 atom stereocenters. The molecule has 90 valence electrons. The molecule has 3 nitrogen and oxygen atoms in total. The molecule has 0 saturated carbocycles. The molecule has 1 aromatic carbocycles. The normalized spacial score (nSPS) is 17.9. The summed E-state index contributed by atoms with van der Waals surface area (Å²) in [5.74, 6) is -0.0862. The standard InChI is InChI=1S/C15H14N2O/c18-15-10-11-17(12-6-2-1-3-7-12)14-9-5-4-8-13(14)16-15/h1-2,4-6,8-11H,3,7H2,(H,16,18). The largest absolute Gasteiger partial charge is 0.321 e. The van der Waals surface area contributed by atoms with Crippen LogP contribution in [0, 0.1) is 0 Å². The molecule has 0 saturated heterocycles. The molecular formula is C15H14N2O. The number of anilines is 2. The predicted octanol–water partition coefficient (Wildman–Crippen LogP) is 3.19. The molecule has 1 N–H and O–H groups in total. The van der Waals surface area contributed by atoms with Gasteiger partial charge in [0.2, 0.25) is 5.91 Å². The Balaban J connectivity index is 2.08. The maximum Gasteiger partial charge on any atom is 0.249 e. The van der Waals surface area contributed by atoms with E-state index in [1.54, 1.807) is 6.08 Å². The maximum atomic E-state index is 11.6. The number of fused-ring (bicyclic) bond motifs is 1. The van der Waals surface area contributed by atoms with Crippen LogP contribution in [0.1, 0.15) is 12.8 Å². The van der Waals surface area contributed by atoms with E-state index in [1.165, 1.54) is 5.70 Å². The number of nitrogens with zero attached hydrogens (tertiary/aromatic N) is 1. The predicted molar refractivity (Wildman–Crippen MR) is 73.1 cm³/mol. The van der Waals surface area contributed by atoms with Crippen molar-refractivity contribution in [2.24, 2.45) is 0 Å². The van der Waals surface area contributed by atoms with Gasteiger partial charge < -0.3 is 10.2 Å². The van der Waals surface area contributed by atoms with Crippen LogP contribution in [0.25, 0.3) is 0 Å². The molecule has 0 fully saturated rings. The Hall–Kier alpha value is -2.29. The zero-order chi connectivity index (χ0) is 12.4. The molecule has 1 amide bonds. The summed E-state index contributed by atoms with van der Waals surface area (Å²) in [4.78, 5) is 13.7. The highest BCUT2D eigenvalue weighted by Crippen LogP contribution is 2.32. The van der Waals surface area contributed by atoms with Crippen LogP contribution >= 0.6 is 0 Å². The molecule has 1 aliphatic carbocycles. The number of nitrogens with one attached hydrogen (secondary N) is 1. The number of rotatable bonds is 1. The second-order valence-electron chi connectivity index (χ2n) is 4.32. The van der Waals surface area contributed by atoms with E-state index in [-0.39, 0.29) is 5.91 Å². The first-order chi connectivity index (χ1) is 8.84. The molecule has 1 aliphatic heterocycles. The van der Waals surface area contributed by atoms with E-state index in [0.717, 1.165) is 24.2 Å². The van der Waals surface area contributed by atoms with Crippen molar-refractivity contribution < 1.29 is 4.79 Å². The average Bonchev–Trinajstić information content (AvgIpc) is 2.58. The Morgan fingerprint density at radius 3 is 2.94 bits per heavy atom. The van der Waals surface area contributed by atoms with Gasteiger partial charge in [0.25, 0.3) is 0 Å². The number of benzene rings is 1. The third-order valence-corrected chi connectivity index (χ3v) is 3.10. The van der Waals surface area contributed by atoms with E-state index in [4.69, 9.17) is 0 Å². The zero-order valence-corrected chi connectivity index (χ0v) is 9.97.